The van der Waals surface area contributed by atoms with Crippen molar-refractivity contribution >= 4 is 7.26 Å². The fourth-order valence-electron chi connectivity index (χ4n) is 2.28. The Morgan fingerprint density at radius 2 is 0.955 bits per heavy atom. The number of hydrogen-bond donors (Lipinski definition) is 1. The third-order valence-electron chi connectivity index (χ3n) is 4.44. The molecule has 0 saturated heterocycles. The van der Waals surface area contributed by atoms with E-state index in [9.17, 15) is 31.4 Å². The van der Waals surface area contributed by atoms with Gasteiger partial charge < -0.3 is 29.1 Å². The van der Waals surface area contributed by atoms with Crippen molar-refractivity contribution in [1.29, 1.82) is 0 Å². The lowest BCUT2D eigenvalue weighted by Gasteiger charge is -2.48. The zero-order valence-corrected chi connectivity index (χ0v) is 16.8. The maximum Gasteiger partial charge on any atom is 0.429 e. The smallest absolute Gasteiger partial charge is 0.429 e. The van der Waals surface area contributed by atoms with E-state index in [2.05, 4.69) is 0 Å². The molecule has 0 saturated carbocycles. The summed E-state index contributed by atoms with van der Waals surface area (Å²) in [5.41, 5.74) is -4.68. The second-order valence-corrected chi connectivity index (χ2v) is 12.9. The molecule has 0 aromatic heterocycles. The molecule has 0 atom stereocenters. The summed E-state index contributed by atoms with van der Waals surface area (Å²) in [7, 11) is -2.84. The van der Waals surface area contributed by atoms with E-state index in [1.165, 1.54) is 6.66 Å². The van der Waals surface area contributed by atoms with E-state index >= 15 is 0 Å². The summed E-state index contributed by atoms with van der Waals surface area (Å²) >= 11 is 0. The van der Waals surface area contributed by atoms with Crippen molar-refractivity contribution < 1.29 is 55.4 Å². The minimum atomic E-state index is -5.76. The van der Waals surface area contributed by atoms with Gasteiger partial charge in [-0.15, -0.1) is 0 Å². The van der Waals surface area contributed by atoms with Crippen LogP contribution in [0, 0.1) is 0 Å². The molecule has 0 aliphatic rings. The third-order valence-corrected chi connectivity index (χ3v) is 11.5. The number of halogens is 7. The molecule has 0 heterocycles. The fourth-order valence-corrected chi connectivity index (χ4v) is 6.51. The first-order valence-electron chi connectivity index (χ1n) is 6.42. The summed E-state index contributed by atoms with van der Waals surface area (Å²) in [6.45, 7) is 11.2. The van der Waals surface area contributed by atoms with Gasteiger partial charge in [0.25, 0.3) is 5.60 Å². The first-order valence-corrected chi connectivity index (χ1v) is 8.84. The van der Waals surface area contributed by atoms with Crippen LogP contribution in [0.4, 0.5) is 26.3 Å². The van der Waals surface area contributed by atoms with E-state index in [1.807, 2.05) is 0 Å². The van der Waals surface area contributed by atoms with Crippen molar-refractivity contribution in [3.63, 3.8) is 0 Å². The molecule has 0 aromatic rings. The van der Waals surface area contributed by atoms with Crippen LogP contribution in [0.25, 0.3) is 0 Å². The summed E-state index contributed by atoms with van der Waals surface area (Å²) in [6.07, 6.45) is -12.9. The predicted molar refractivity (Wildman–Crippen MR) is 74.3 cm³/mol. The zero-order valence-electron chi connectivity index (χ0n) is 13.7. The van der Waals surface area contributed by atoms with Gasteiger partial charge in [-0.1, -0.05) is 0 Å². The summed E-state index contributed by atoms with van der Waals surface area (Å²) in [4.78, 5) is 0. The third kappa shape index (κ3) is 4.41. The molecular formula is C13H24F6IOP. The monoisotopic (exact) mass is 468 g/mol. The van der Waals surface area contributed by atoms with Crippen molar-refractivity contribution in [2.24, 2.45) is 0 Å². The first kappa shape index (κ1) is 24.9. The van der Waals surface area contributed by atoms with Gasteiger partial charge in [-0.3, -0.25) is 0 Å². The Kier molecular flexibility index (Phi) is 7.42. The molecule has 0 fully saturated rings. The SMILES string of the molecule is CC(C)(C)[P+](C)(CC(O)(C(F)(F)F)C(F)(F)F)C(C)(C)C.[I-]. The van der Waals surface area contributed by atoms with Gasteiger partial charge in [-0.25, -0.2) is 0 Å². The van der Waals surface area contributed by atoms with Crippen LogP contribution in [0.2, 0.25) is 0 Å². The Balaban J connectivity index is 0. The van der Waals surface area contributed by atoms with E-state index in [0.717, 1.165) is 0 Å². The Morgan fingerprint density at radius 1 is 0.727 bits per heavy atom. The molecule has 136 valence electrons. The maximum absolute atomic E-state index is 13.0. The Hall–Kier alpha value is 0.700. The largest absolute Gasteiger partial charge is 1.00 e. The van der Waals surface area contributed by atoms with Gasteiger partial charge in [0.1, 0.15) is 6.16 Å². The molecule has 0 spiro atoms. The van der Waals surface area contributed by atoms with Crippen LogP contribution in [-0.4, -0.2) is 46.2 Å². The quantitative estimate of drug-likeness (QED) is 0.374. The Morgan fingerprint density at radius 3 is 1.09 bits per heavy atom. The lowest BCUT2D eigenvalue weighted by Crippen LogP contribution is -3.00. The highest BCUT2D eigenvalue weighted by Crippen LogP contribution is 2.76. The molecule has 0 amide bonds. The van der Waals surface area contributed by atoms with Gasteiger partial charge in [-0.2, -0.15) is 26.3 Å². The summed E-state index contributed by atoms with van der Waals surface area (Å²) < 4.78 is 77.7. The normalized spacial score (nSPS) is 15.5. The molecule has 0 rings (SSSR count). The highest BCUT2D eigenvalue weighted by atomic mass is 127. The average molecular weight is 468 g/mol. The number of alkyl halides is 6. The predicted octanol–water partition coefficient (Wildman–Crippen LogP) is 2.09. The highest BCUT2D eigenvalue weighted by Gasteiger charge is 2.76. The molecule has 0 aromatic carbocycles. The molecule has 0 aliphatic heterocycles. The highest BCUT2D eigenvalue weighted by molar-refractivity contribution is 7.78. The van der Waals surface area contributed by atoms with Gasteiger partial charge in [-0.05, 0) is 41.5 Å². The molecule has 0 bridgehead atoms. The molecule has 0 aliphatic carbocycles. The Bertz CT molecular complexity index is 314. The fraction of sp³-hybridized carbons (Fsp3) is 1.00. The van der Waals surface area contributed by atoms with Crippen molar-refractivity contribution in [1.82, 2.24) is 0 Å². The van der Waals surface area contributed by atoms with Crippen molar-refractivity contribution in [3.05, 3.63) is 0 Å². The summed E-state index contributed by atoms with van der Waals surface area (Å²) in [6, 6.07) is 0. The molecule has 0 unspecified atom stereocenters. The average Bonchev–Trinajstić information content (AvgIpc) is 2.09. The van der Waals surface area contributed by atoms with Crippen LogP contribution < -0.4 is 24.0 Å². The maximum atomic E-state index is 13.0. The molecule has 1 nitrogen and oxygen atoms in total. The van der Waals surface area contributed by atoms with Gasteiger partial charge in [0.05, 0.1) is 17.0 Å². The molecule has 1 N–H and O–H groups in total. The molecular weight excluding hydrogens is 444 g/mol. The van der Waals surface area contributed by atoms with E-state index in [1.54, 1.807) is 41.5 Å². The topological polar surface area (TPSA) is 20.2 Å². The number of aliphatic hydroxyl groups is 1. The zero-order chi connectivity index (χ0) is 17.7. The summed E-state index contributed by atoms with van der Waals surface area (Å²) in [5, 5.41) is 7.99. The van der Waals surface area contributed by atoms with E-state index in [4.69, 9.17) is 0 Å². The van der Waals surface area contributed by atoms with Crippen LogP contribution in [-0.2, 0) is 0 Å². The standard InChI is InChI=1S/C13H24F6OP.HI/c1-9(2,3)21(7,10(4,5)6)8-11(20,12(14,15)16)13(17,18)19;/h20H,8H2,1-7H3;1H/q+1;/p-1. The van der Waals surface area contributed by atoms with Crippen molar-refractivity contribution in [2.75, 3.05) is 12.8 Å². The van der Waals surface area contributed by atoms with Crippen LogP contribution in [0.5, 0.6) is 0 Å². The minimum absolute atomic E-state index is 0. The second-order valence-electron chi connectivity index (χ2n) is 7.55. The van der Waals surface area contributed by atoms with Crippen LogP contribution in [0.1, 0.15) is 41.5 Å². The van der Waals surface area contributed by atoms with Gasteiger partial charge >= 0.3 is 12.4 Å². The van der Waals surface area contributed by atoms with Crippen LogP contribution >= 0.6 is 7.26 Å². The Labute approximate surface area is 145 Å². The van der Waals surface area contributed by atoms with Gasteiger partial charge in [0.2, 0.25) is 0 Å². The molecule has 0 radical (unpaired) electrons. The lowest BCUT2D eigenvalue weighted by molar-refractivity contribution is -0.359. The summed E-state index contributed by atoms with van der Waals surface area (Å²) in [5.74, 6) is 0. The first-order chi connectivity index (χ1) is 8.71. The molecule has 22 heavy (non-hydrogen) atoms. The lowest BCUT2D eigenvalue weighted by atomic mass is 10.1. The van der Waals surface area contributed by atoms with Gasteiger partial charge in [0, 0.05) is 7.26 Å². The van der Waals surface area contributed by atoms with E-state index in [-0.39, 0.29) is 24.0 Å². The van der Waals surface area contributed by atoms with Gasteiger partial charge in [0.15, 0.2) is 0 Å². The van der Waals surface area contributed by atoms with E-state index in [0.29, 0.717) is 0 Å². The molecule has 9 heteroatoms. The number of rotatable bonds is 2. The van der Waals surface area contributed by atoms with Crippen molar-refractivity contribution in [2.45, 2.75) is 69.8 Å². The van der Waals surface area contributed by atoms with Crippen LogP contribution in [0.3, 0.4) is 0 Å². The number of hydrogen-bond acceptors (Lipinski definition) is 1. The van der Waals surface area contributed by atoms with E-state index < -0.39 is 41.7 Å². The minimum Gasteiger partial charge on any atom is -1.00 e. The van der Waals surface area contributed by atoms with Crippen molar-refractivity contribution in [3.8, 4) is 0 Å². The van der Waals surface area contributed by atoms with Crippen LogP contribution in [0.15, 0.2) is 0 Å². The second kappa shape index (κ2) is 6.54.